The van der Waals surface area contributed by atoms with Gasteiger partial charge in [0.05, 0.1) is 23.3 Å². The number of anilines is 1. The average Bonchev–Trinajstić information content (AvgIpc) is 3.64. The van der Waals surface area contributed by atoms with Crippen LogP contribution in [-0.2, 0) is 16.1 Å². The normalized spacial score (nSPS) is 25.3. The highest BCUT2D eigenvalue weighted by molar-refractivity contribution is 5.94. The van der Waals surface area contributed by atoms with Crippen LogP contribution in [0.15, 0.2) is 61.3 Å². The molecule has 3 aliphatic rings. The van der Waals surface area contributed by atoms with E-state index in [1.165, 1.54) is 0 Å². The highest BCUT2D eigenvalue weighted by atomic mass is 16.5. The molecule has 0 radical (unpaired) electrons. The van der Waals surface area contributed by atoms with Gasteiger partial charge in [-0.05, 0) is 68.9 Å². The average molecular weight is 611 g/mol. The fraction of sp³-hybridized carbons (Fsp3) is 0.455. The predicted molar refractivity (Wildman–Crippen MR) is 166 cm³/mol. The van der Waals surface area contributed by atoms with Gasteiger partial charge < -0.3 is 20.1 Å². The Kier molecular flexibility index (Phi) is 8.26. The molecule has 45 heavy (non-hydrogen) atoms. The van der Waals surface area contributed by atoms with Crippen LogP contribution < -0.4 is 5.32 Å². The summed E-state index contributed by atoms with van der Waals surface area (Å²) in [5.74, 6) is 1.06. The summed E-state index contributed by atoms with van der Waals surface area (Å²) in [6.07, 6.45) is 12.4. The van der Waals surface area contributed by atoms with Crippen molar-refractivity contribution in [2.75, 3.05) is 25.0 Å². The third-order valence-corrected chi connectivity index (χ3v) is 9.42. The number of carbonyl (C=O) groups excluding carboxylic acids is 2. The Morgan fingerprint density at radius 3 is 2.64 bits per heavy atom. The maximum Gasteiger partial charge on any atom is 0.255 e. The minimum atomic E-state index is -0.403. The van der Waals surface area contributed by atoms with Crippen LogP contribution >= 0.6 is 0 Å². The smallest absolute Gasteiger partial charge is 0.255 e. The molecule has 2 amide bonds. The molecule has 5 heterocycles. The van der Waals surface area contributed by atoms with Crippen LogP contribution in [0.5, 0.6) is 0 Å². The Balaban J connectivity index is 0.904. The minimum absolute atomic E-state index is 0.00995. The predicted octanol–water partition coefficient (Wildman–Crippen LogP) is 3.18. The van der Waals surface area contributed by atoms with Gasteiger partial charge in [-0.15, -0.1) is 0 Å². The van der Waals surface area contributed by atoms with E-state index in [1.807, 2.05) is 29.3 Å². The maximum atomic E-state index is 13.1. The molecular formula is C33H38N8O4. The molecule has 0 unspecified atom stereocenters. The zero-order chi connectivity index (χ0) is 30.9. The summed E-state index contributed by atoms with van der Waals surface area (Å²) in [7, 11) is 0. The number of hydrogen-bond acceptors (Lipinski definition) is 9. The van der Waals surface area contributed by atoms with Crippen molar-refractivity contribution in [3.8, 4) is 11.1 Å². The molecule has 2 N–H and O–H groups in total. The number of carbonyl (C=O) groups is 2. The Morgan fingerprint density at radius 2 is 1.91 bits per heavy atom. The third kappa shape index (κ3) is 6.31. The number of pyridine rings is 2. The van der Waals surface area contributed by atoms with Gasteiger partial charge in [0.1, 0.15) is 6.61 Å². The molecule has 0 aromatic carbocycles. The van der Waals surface area contributed by atoms with Crippen LogP contribution in [0.1, 0.15) is 55.2 Å². The number of nitrogens with zero attached hydrogens (tertiary/aromatic N) is 7. The summed E-state index contributed by atoms with van der Waals surface area (Å²) in [6, 6.07) is 9.95. The standard InChI is InChI=1S/C33H38N8O4/c1-21-19-39(33(44)23-4-3-8-34-16-23)10-11-40(21)26-13-24(14-26)32(43)37-30-15-27-12-22(7-9-41(27)38-30)25-17-35-31(36-18-25)20-45-29-6-2-5-28(29)42/h3-4,7-9,12,15-18,21,24,26,28-29,42H,2,5-6,10-11,13-14,19-20H2,1H3,(H,37,38,43)/t21-,24-,26+,28-,29-/m0/s1. The third-order valence-electron chi connectivity index (χ3n) is 9.42. The minimum Gasteiger partial charge on any atom is -0.390 e. The van der Waals surface area contributed by atoms with E-state index in [1.54, 1.807) is 41.4 Å². The van der Waals surface area contributed by atoms with Gasteiger partial charge in [0.15, 0.2) is 11.6 Å². The van der Waals surface area contributed by atoms with Gasteiger partial charge in [0.2, 0.25) is 5.91 Å². The lowest BCUT2D eigenvalue weighted by atomic mass is 9.78. The van der Waals surface area contributed by atoms with Gasteiger partial charge in [-0.1, -0.05) is 0 Å². The molecule has 3 fully saturated rings. The lowest BCUT2D eigenvalue weighted by molar-refractivity contribution is -0.125. The van der Waals surface area contributed by atoms with Crippen molar-refractivity contribution in [1.29, 1.82) is 0 Å². The van der Waals surface area contributed by atoms with E-state index in [0.717, 1.165) is 55.3 Å². The number of aliphatic hydroxyl groups excluding tert-OH is 1. The largest absolute Gasteiger partial charge is 0.390 e. The van der Waals surface area contributed by atoms with Crippen LogP contribution in [0, 0.1) is 5.92 Å². The molecule has 12 heteroatoms. The number of piperazine rings is 1. The fourth-order valence-corrected chi connectivity index (χ4v) is 6.77. The van der Waals surface area contributed by atoms with Crippen molar-refractivity contribution >= 4 is 23.1 Å². The molecule has 2 saturated carbocycles. The van der Waals surface area contributed by atoms with Gasteiger partial charge in [-0.2, -0.15) is 5.10 Å². The number of ether oxygens (including phenoxy) is 1. The number of fused-ring (bicyclic) bond motifs is 1. The second-order valence-electron chi connectivity index (χ2n) is 12.4. The fourth-order valence-electron chi connectivity index (χ4n) is 6.77. The first-order valence-corrected chi connectivity index (χ1v) is 15.8. The van der Waals surface area contributed by atoms with Gasteiger partial charge in [0, 0.05) is 80.2 Å². The van der Waals surface area contributed by atoms with Crippen LogP contribution in [0.4, 0.5) is 5.82 Å². The Labute approximate surface area is 261 Å². The summed E-state index contributed by atoms with van der Waals surface area (Å²) in [5, 5.41) is 17.5. The molecule has 4 aromatic rings. The van der Waals surface area contributed by atoms with E-state index in [0.29, 0.717) is 36.3 Å². The molecule has 2 aliphatic carbocycles. The zero-order valence-electron chi connectivity index (χ0n) is 25.3. The van der Waals surface area contributed by atoms with Gasteiger partial charge in [-0.25, -0.2) is 14.5 Å². The monoisotopic (exact) mass is 610 g/mol. The number of amides is 2. The second kappa shape index (κ2) is 12.6. The Hall–Kier alpha value is -4.26. The van der Waals surface area contributed by atoms with Crippen molar-refractivity contribution in [3.05, 3.63) is 72.7 Å². The van der Waals surface area contributed by atoms with Crippen LogP contribution in [0.2, 0.25) is 0 Å². The Morgan fingerprint density at radius 1 is 1.07 bits per heavy atom. The van der Waals surface area contributed by atoms with Crippen molar-refractivity contribution < 1.29 is 19.4 Å². The summed E-state index contributed by atoms with van der Waals surface area (Å²) in [6.45, 7) is 4.56. The van der Waals surface area contributed by atoms with Crippen LogP contribution in [-0.4, -0.2) is 95.2 Å². The SMILES string of the molecule is C[C@H]1CN(C(=O)c2cccnc2)CCN1[C@H]1C[C@@H](C(=O)Nc2cc3cc(-c4cnc(CO[C@H]5CCC[C@@H]5O)nc4)ccn3n2)C1. The maximum absolute atomic E-state index is 13.1. The molecule has 12 nitrogen and oxygen atoms in total. The first-order valence-electron chi connectivity index (χ1n) is 15.8. The molecule has 0 bridgehead atoms. The summed E-state index contributed by atoms with van der Waals surface area (Å²) < 4.78 is 7.54. The lowest BCUT2D eigenvalue weighted by Crippen LogP contribution is -2.60. The van der Waals surface area contributed by atoms with E-state index in [9.17, 15) is 14.7 Å². The molecule has 3 atom stereocenters. The molecule has 1 saturated heterocycles. The van der Waals surface area contributed by atoms with Crippen molar-refractivity contribution in [2.45, 2.75) is 69.9 Å². The number of hydrogen-bond donors (Lipinski definition) is 2. The van der Waals surface area contributed by atoms with Crippen molar-refractivity contribution in [1.82, 2.24) is 34.4 Å². The number of rotatable bonds is 8. The van der Waals surface area contributed by atoms with Crippen LogP contribution in [0.25, 0.3) is 16.6 Å². The summed E-state index contributed by atoms with van der Waals surface area (Å²) >= 11 is 0. The molecule has 1 aliphatic heterocycles. The topological polar surface area (TPSA) is 138 Å². The molecule has 234 valence electrons. The summed E-state index contributed by atoms with van der Waals surface area (Å²) in [4.78, 5) is 43.2. The number of nitrogens with one attached hydrogen (secondary N) is 1. The lowest BCUT2D eigenvalue weighted by Gasteiger charge is -2.49. The first kappa shape index (κ1) is 29.5. The quantitative estimate of drug-likeness (QED) is 0.308. The number of aromatic nitrogens is 5. The zero-order valence-corrected chi connectivity index (χ0v) is 25.3. The van der Waals surface area contributed by atoms with Crippen molar-refractivity contribution in [2.24, 2.45) is 5.92 Å². The highest BCUT2D eigenvalue weighted by Crippen LogP contribution is 2.35. The number of aliphatic hydroxyl groups is 1. The van der Waals surface area contributed by atoms with E-state index < -0.39 is 6.10 Å². The van der Waals surface area contributed by atoms with Crippen LogP contribution in [0.3, 0.4) is 0 Å². The van der Waals surface area contributed by atoms with E-state index in [4.69, 9.17) is 4.74 Å². The van der Waals surface area contributed by atoms with Crippen molar-refractivity contribution in [3.63, 3.8) is 0 Å². The van der Waals surface area contributed by atoms with E-state index in [2.05, 4.69) is 37.2 Å². The summed E-state index contributed by atoms with van der Waals surface area (Å²) in [5.41, 5.74) is 3.28. The van der Waals surface area contributed by atoms with Gasteiger partial charge in [0.25, 0.3) is 5.91 Å². The molecule has 4 aromatic heterocycles. The first-order chi connectivity index (χ1) is 21.9. The molecular weight excluding hydrogens is 572 g/mol. The molecule has 0 spiro atoms. The van der Waals surface area contributed by atoms with E-state index in [-0.39, 0.29) is 36.5 Å². The van der Waals surface area contributed by atoms with Gasteiger partial charge in [-0.3, -0.25) is 19.5 Å². The Bertz CT molecular complexity index is 1660. The highest BCUT2D eigenvalue weighted by Gasteiger charge is 2.41. The van der Waals surface area contributed by atoms with E-state index >= 15 is 0 Å². The molecule has 7 rings (SSSR count). The second-order valence-corrected chi connectivity index (χ2v) is 12.4. The van der Waals surface area contributed by atoms with Gasteiger partial charge >= 0.3 is 0 Å².